The maximum absolute atomic E-state index is 11.6. The van der Waals surface area contributed by atoms with Crippen molar-refractivity contribution in [3.8, 4) is 0 Å². The maximum atomic E-state index is 11.6. The van der Waals surface area contributed by atoms with Crippen molar-refractivity contribution in [2.24, 2.45) is 11.7 Å². The fraction of sp³-hybridized carbons (Fsp3) is 0.636. The molecule has 0 spiro atoms. The van der Waals surface area contributed by atoms with Crippen LogP contribution in [0.25, 0.3) is 0 Å². The second-order valence-corrected chi connectivity index (χ2v) is 4.64. The maximum Gasteiger partial charge on any atom is 0.241 e. The zero-order valence-corrected chi connectivity index (χ0v) is 10.6. The van der Waals surface area contributed by atoms with Gasteiger partial charge >= 0.3 is 0 Å². The van der Waals surface area contributed by atoms with Crippen LogP contribution in [0.5, 0.6) is 0 Å². The molecule has 0 bridgehead atoms. The van der Waals surface area contributed by atoms with Crippen LogP contribution in [0.2, 0.25) is 0 Å². The number of carbonyl (C=O) groups excluding carboxylic acids is 2. The summed E-state index contributed by atoms with van der Waals surface area (Å²) >= 11 is 0. The van der Waals surface area contributed by atoms with Gasteiger partial charge in [-0.2, -0.15) is 0 Å². The second kappa shape index (κ2) is 6.28. The van der Waals surface area contributed by atoms with E-state index in [1.165, 1.54) is 17.5 Å². The summed E-state index contributed by atoms with van der Waals surface area (Å²) in [6.07, 6.45) is 4.04. The lowest BCUT2D eigenvalue weighted by molar-refractivity contribution is -0.122. The molecule has 8 nitrogen and oxygen atoms in total. The Kier molecular flexibility index (Phi) is 4.45. The Hall–Kier alpha value is -1.96. The molecule has 1 heterocycles. The van der Waals surface area contributed by atoms with Crippen molar-refractivity contribution in [1.82, 2.24) is 25.6 Å². The van der Waals surface area contributed by atoms with E-state index in [2.05, 4.69) is 20.9 Å². The topological polar surface area (TPSA) is 115 Å². The number of amides is 2. The van der Waals surface area contributed by atoms with Crippen molar-refractivity contribution in [2.45, 2.75) is 25.9 Å². The van der Waals surface area contributed by atoms with Gasteiger partial charge in [-0.3, -0.25) is 9.59 Å². The first kappa shape index (κ1) is 13.5. The average molecular weight is 266 g/mol. The van der Waals surface area contributed by atoms with E-state index in [0.717, 1.165) is 6.54 Å². The molecule has 1 aromatic heterocycles. The molecule has 4 N–H and O–H groups in total. The number of hydrogen-bond donors (Lipinski definition) is 3. The molecule has 19 heavy (non-hydrogen) atoms. The van der Waals surface area contributed by atoms with Gasteiger partial charge < -0.3 is 16.4 Å². The van der Waals surface area contributed by atoms with E-state index < -0.39 is 0 Å². The van der Waals surface area contributed by atoms with Gasteiger partial charge in [0.1, 0.15) is 12.2 Å². The smallest absolute Gasteiger partial charge is 0.241 e. The molecule has 1 aliphatic rings. The van der Waals surface area contributed by atoms with Crippen molar-refractivity contribution < 1.29 is 9.59 Å². The summed E-state index contributed by atoms with van der Waals surface area (Å²) in [7, 11) is 0. The average Bonchev–Trinajstić information content (AvgIpc) is 3.14. The highest BCUT2D eigenvalue weighted by Crippen LogP contribution is 2.27. The fourth-order valence-corrected chi connectivity index (χ4v) is 1.54. The monoisotopic (exact) mass is 266 g/mol. The number of nitrogens with zero attached hydrogens (tertiary/aromatic N) is 3. The molecular formula is C11H18N6O2. The van der Waals surface area contributed by atoms with E-state index in [9.17, 15) is 9.59 Å². The van der Waals surface area contributed by atoms with Crippen molar-refractivity contribution in [1.29, 1.82) is 0 Å². The van der Waals surface area contributed by atoms with Crippen LogP contribution in [0.3, 0.4) is 0 Å². The Balaban J connectivity index is 1.72. The Morgan fingerprint density at radius 1 is 1.37 bits per heavy atom. The number of nitrogens with two attached hydrogens (primary N) is 1. The lowest BCUT2D eigenvalue weighted by Gasteiger charge is -2.03. The Bertz CT molecular complexity index is 454. The van der Waals surface area contributed by atoms with Crippen LogP contribution in [0, 0.1) is 5.92 Å². The molecule has 0 aliphatic heterocycles. The van der Waals surface area contributed by atoms with Crippen LogP contribution in [0.15, 0.2) is 6.20 Å². The molecule has 2 amide bonds. The zero-order chi connectivity index (χ0) is 13.7. The molecule has 0 radical (unpaired) electrons. The SMILES string of the molecule is NCC(=O)NCc1cn(CC(=O)NCC2CC2)nn1. The molecule has 0 atom stereocenters. The first-order valence-corrected chi connectivity index (χ1v) is 6.30. The van der Waals surface area contributed by atoms with Crippen LogP contribution in [-0.2, 0) is 22.7 Å². The number of nitrogens with one attached hydrogen (secondary N) is 2. The molecule has 1 aromatic rings. The van der Waals surface area contributed by atoms with Gasteiger partial charge in [-0.25, -0.2) is 4.68 Å². The summed E-state index contributed by atoms with van der Waals surface area (Å²) in [5.41, 5.74) is 5.76. The standard InChI is InChI=1S/C11H18N6O2/c12-3-10(18)14-5-9-6-17(16-15-9)7-11(19)13-4-8-1-2-8/h6,8H,1-5,7,12H2,(H,13,19)(H,14,18). The van der Waals surface area contributed by atoms with Gasteiger partial charge in [-0.15, -0.1) is 5.10 Å². The van der Waals surface area contributed by atoms with Gasteiger partial charge in [0.2, 0.25) is 11.8 Å². The lowest BCUT2D eigenvalue weighted by atomic mass is 10.4. The van der Waals surface area contributed by atoms with Crippen LogP contribution < -0.4 is 16.4 Å². The largest absolute Gasteiger partial charge is 0.354 e. The Labute approximate surface area is 110 Å². The molecule has 1 aliphatic carbocycles. The van der Waals surface area contributed by atoms with Crippen molar-refractivity contribution in [3.63, 3.8) is 0 Å². The van der Waals surface area contributed by atoms with E-state index in [4.69, 9.17) is 5.73 Å². The highest BCUT2D eigenvalue weighted by Gasteiger charge is 2.21. The summed E-state index contributed by atoms with van der Waals surface area (Å²) in [6, 6.07) is 0. The Morgan fingerprint density at radius 3 is 2.84 bits per heavy atom. The van der Waals surface area contributed by atoms with E-state index in [1.807, 2.05) is 0 Å². The van der Waals surface area contributed by atoms with Crippen molar-refractivity contribution in [2.75, 3.05) is 13.1 Å². The summed E-state index contributed by atoms with van der Waals surface area (Å²) in [5.74, 6) is 0.327. The molecule has 0 aromatic carbocycles. The van der Waals surface area contributed by atoms with Crippen molar-refractivity contribution >= 4 is 11.8 Å². The predicted molar refractivity (Wildman–Crippen MR) is 66.7 cm³/mol. The summed E-state index contributed by atoms with van der Waals surface area (Å²) in [5, 5.41) is 13.1. The molecule has 0 unspecified atom stereocenters. The third-order valence-corrected chi connectivity index (χ3v) is 2.83. The minimum atomic E-state index is -0.253. The molecule has 1 fully saturated rings. The van der Waals surface area contributed by atoms with Crippen LogP contribution in [-0.4, -0.2) is 39.9 Å². The minimum Gasteiger partial charge on any atom is -0.354 e. The van der Waals surface area contributed by atoms with E-state index in [-0.39, 0.29) is 31.4 Å². The van der Waals surface area contributed by atoms with Gasteiger partial charge in [0.05, 0.1) is 19.3 Å². The zero-order valence-electron chi connectivity index (χ0n) is 10.6. The van der Waals surface area contributed by atoms with Crippen molar-refractivity contribution in [3.05, 3.63) is 11.9 Å². The van der Waals surface area contributed by atoms with E-state index >= 15 is 0 Å². The quantitative estimate of drug-likeness (QED) is 0.548. The first-order chi connectivity index (χ1) is 9.17. The molecule has 8 heteroatoms. The van der Waals surface area contributed by atoms with E-state index in [0.29, 0.717) is 11.6 Å². The number of carbonyl (C=O) groups is 2. The summed E-state index contributed by atoms with van der Waals surface area (Å²) in [6.45, 7) is 1.09. The molecule has 2 rings (SSSR count). The van der Waals surface area contributed by atoms with Crippen LogP contribution >= 0.6 is 0 Å². The first-order valence-electron chi connectivity index (χ1n) is 6.30. The molecule has 104 valence electrons. The molecular weight excluding hydrogens is 248 g/mol. The van der Waals surface area contributed by atoms with Crippen LogP contribution in [0.1, 0.15) is 18.5 Å². The number of rotatable bonds is 7. The number of hydrogen-bond acceptors (Lipinski definition) is 5. The minimum absolute atomic E-state index is 0.0578. The second-order valence-electron chi connectivity index (χ2n) is 4.64. The van der Waals surface area contributed by atoms with Gasteiger partial charge in [0.15, 0.2) is 0 Å². The third-order valence-electron chi connectivity index (χ3n) is 2.83. The number of aromatic nitrogens is 3. The summed E-state index contributed by atoms with van der Waals surface area (Å²) in [4.78, 5) is 22.5. The molecule has 0 saturated heterocycles. The molecule has 1 saturated carbocycles. The van der Waals surface area contributed by atoms with Gasteiger partial charge in [-0.1, -0.05) is 5.21 Å². The highest BCUT2D eigenvalue weighted by atomic mass is 16.2. The third kappa shape index (κ3) is 4.66. The normalized spacial score (nSPS) is 14.2. The van der Waals surface area contributed by atoms with Crippen LogP contribution in [0.4, 0.5) is 0 Å². The Morgan fingerprint density at radius 2 is 2.16 bits per heavy atom. The van der Waals surface area contributed by atoms with E-state index in [1.54, 1.807) is 6.20 Å². The highest BCUT2D eigenvalue weighted by molar-refractivity contribution is 5.77. The fourth-order valence-electron chi connectivity index (χ4n) is 1.54. The predicted octanol–water partition coefficient (Wildman–Crippen LogP) is -1.62. The van der Waals surface area contributed by atoms with Gasteiger partial charge in [0, 0.05) is 6.54 Å². The van der Waals surface area contributed by atoms with Gasteiger partial charge in [0.25, 0.3) is 0 Å². The summed E-state index contributed by atoms with van der Waals surface area (Å²) < 4.78 is 1.45. The van der Waals surface area contributed by atoms with Gasteiger partial charge in [-0.05, 0) is 18.8 Å². The lowest BCUT2D eigenvalue weighted by Crippen LogP contribution is -2.30.